The Morgan fingerprint density at radius 1 is 1.24 bits per heavy atom. The number of hydrogen-bond donors (Lipinski definition) is 0. The van der Waals surface area contributed by atoms with E-state index >= 15 is 0 Å². The predicted molar refractivity (Wildman–Crippen MR) is 97.6 cm³/mol. The third kappa shape index (κ3) is 4.42. The Hall–Kier alpha value is -2.29. The molecule has 4 nitrogen and oxygen atoms in total. The molecule has 0 saturated carbocycles. The van der Waals surface area contributed by atoms with Crippen molar-refractivity contribution < 1.29 is 14.0 Å². The van der Waals surface area contributed by atoms with Gasteiger partial charge in [0.2, 0.25) is 0 Å². The number of benzene rings is 2. The molecule has 1 saturated heterocycles. The van der Waals surface area contributed by atoms with Gasteiger partial charge in [-0.1, -0.05) is 36.4 Å². The average Bonchev–Trinajstić information content (AvgIpc) is 2.59. The summed E-state index contributed by atoms with van der Waals surface area (Å²) in [6.07, 6.45) is 0.901. The number of hydrogen-bond acceptors (Lipinski definition) is 4. The van der Waals surface area contributed by atoms with Crippen LogP contribution in [0.2, 0.25) is 0 Å². The van der Waals surface area contributed by atoms with Crippen LogP contribution in [0, 0.1) is 11.3 Å². The molecule has 0 aliphatic carbocycles. The zero-order chi connectivity index (χ0) is 17.9. The normalized spacial score (nSPS) is 19.3. The van der Waals surface area contributed by atoms with Crippen molar-refractivity contribution in [2.45, 2.75) is 45.5 Å². The summed E-state index contributed by atoms with van der Waals surface area (Å²) in [6.45, 7) is 6.58. The van der Waals surface area contributed by atoms with Crippen molar-refractivity contribution in [3.63, 3.8) is 0 Å². The lowest BCUT2D eigenvalue weighted by Gasteiger charge is -2.38. The highest BCUT2D eigenvalue weighted by atomic mass is 16.6. The van der Waals surface area contributed by atoms with Crippen LogP contribution < -0.4 is 10.2 Å². The molecule has 0 radical (unpaired) electrons. The Kier molecular flexibility index (Phi) is 5.12. The highest BCUT2D eigenvalue weighted by Gasteiger charge is 2.39. The van der Waals surface area contributed by atoms with E-state index in [0.717, 1.165) is 17.4 Å². The Labute approximate surface area is 149 Å². The van der Waals surface area contributed by atoms with E-state index in [-0.39, 0.29) is 11.7 Å². The fourth-order valence-electron chi connectivity index (χ4n) is 3.12. The highest BCUT2D eigenvalue weighted by Crippen LogP contribution is 2.26. The van der Waals surface area contributed by atoms with E-state index < -0.39 is 7.12 Å². The third-order valence-corrected chi connectivity index (χ3v) is 4.21. The quantitative estimate of drug-likeness (QED) is 0.803. The maximum absolute atomic E-state index is 9.54. The van der Waals surface area contributed by atoms with Gasteiger partial charge in [-0.15, -0.1) is 0 Å². The highest BCUT2D eigenvalue weighted by molar-refractivity contribution is 6.62. The van der Waals surface area contributed by atoms with Crippen molar-refractivity contribution in [3.05, 3.63) is 59.7 Å². The van der Waals surface area contributed by atoms with Gasteiger partial charge >= 0.3 is 7.12 Å². The lowest BCUT2D eigenvalue weighted by Crippen LogP contribution is -2.52. The summed E-state index contributed by atoms with van der Waals surface area (Å²) < 4.78 is 17.7. The van der Waals surface area contributed by atoms with Gasteiger partial charge in [-0.3, -0.25) is 0 Å². The molecule has 25 heavy (non-hydrogen) atoms. The van der Waals surface area contributed by atoms with Gasteiger partial charge in [0, 0.05) is 11.6 Å². The van der Waals surface area contributed by atoms with Crippen LogP contribution in [0.1, 0.15) is 38.3 Å². The molecule has 0 bridgehead atoms. The minimum absolute atomic E-state index is 0.0781. The molecule has 2 aromatic rings. The molecule has 0 aromatic heterocycles. The van der Waals surface area contributed by atoms with Crippen molar-refractivity contribution in [1.29, 1.82) is 5.26 Å². The lowest BCUT2D eigenvalue weighted by molar-refractivity contribution is -0.0229. The van der Waals surface area contributed by atoms with Crippen LogP contribution in [-0.4, -0.2) is 18.8 Å². The second kappa shape index (κ2) is 7.31. The number of ether oxygens (including phenoxy) is 1. The Morgan fingerprint density at radius 2 is 2.00 bits per heavy atom. The zero-order valence-corrected chi connectivity index (χ0v) is 14.9. The minimum Gasteiger partial charge on any atom is -0.489 e. The van der Waals surface area contributed by atoms with Gasteiger partial charge in [-0.25, -0.2) is 0 Å². The molecule has 0 spiro atoms. The molecule has 5 heteroatoms. The molecule has 1 aliphatic rings. The first kappa shape index (κ1) is 17.5. The van der Waals surface area contributed by atoms with Gasteiger partial charge in [0.1, 0.15) is 12.4 Å². The molecule has 1 unspecified atom stereocenters. The molecular formula is C20H22BNO3. The molecule has 1 aliphatic heterocycles. The van der Waals surface area contributed by atoms with Gasteiger partial charge in [0.05, 0.1) is 17.2 Å². The van der Waals surface area contributed by atoms with E-state index in [1.807, 2.05) is 63.2 Å². The molecule has 0 N–H and O–H groups in total. The molecule has 2 aromatic carbocycles. The number of nitrogens with zero attached hydrogens (tertiary/aromatic N) is 1. The van der Waals surface area contributed by atoms with Crippen LogP contribution in [-0.2, 0) is 15.9 Å². The molecule has 0 amide bonds. The van der Waals surface area contributed by atoms with Crippen LogP contribution in [0.25, 0.3) is 0 Å². The smallest absolute Gasteiger partial charge is 0.489 e. The summed E-state index contributed by atoms with van der Waals surface area (Å²) >= 11 is 0. The molecular weight excluding hydrogens is 313 g/mol. The summed E-state index contributed by atoms with van der Waals surface area (Å²) in [4.78, 5) is 0. The summed E-state index contributed by atoms with van der Waals surface area (Å²) in [5.74, 6) is 0.660. The lowest BCUT2D eigenvalue weighted by atomic mass is 9.72. The topological polar surface area (TPSA) is 51.5 Å². The van der Waals surface area contributed by atoms with E-state index in [2.05, 4.69) is 6.07 Å². The maximum Gasteiger partial charge on any atom is 0.495 e. The number of nitriles is 1. The molecule has 3 rings (SSSR count). The summed E-state index contributed by atoms with van der Waals surface area (Å²) in [5.41, 5.74) is 2.06. The van der Waals surface area contributed by atoms with Crippen LogP contribution >= 0.6 is 0 Å². The third-order valence-electron chi connectivity index (χ3n) is 4.21. The fraction of sp³-hybridized carbons (Fsp3) is 0.350. The van der Waals surface area contributed by atoms with E-state index in [1.54, 1.807) is 6.07 Å². The van der Waals surface area contributed by atoms with Crippen molar-refractivity contribution in [2.75, 3.05) is 0 Å². The average molecular weight is 335 g/mol. The second-order valence-electron chi connectivity index (χ2n) is 7.00. The summed E-state index contributed by atoms with van der Waals surface area (Å²) in [5, 5.41) is 9.54. The predicted octanol–water partition coefficient (Wildman–Crippen LogP) is 3.44. The van der Waals surface area contributed by atoms with Gasteiger partial charge in [-0.2, -0.15) is 5.26 Å². The van der Waals surface area contributed by atoms with Crippen molar-refractivity contribution in [3.8, 4) is 11.8 Å². The minimum atomic E-state index is -0.531. The van der Waals surface area contributed by atoms with Gasteiger partial charge in [-0.05, 0) is 44.9 Å². The Balaban J connectivity index is 1.77. The molecule has 1 atom stereocenters. The SMILES string of the molecule is CC1CC(C)(C)OB(c2ccc(OCc3ccccc3)cc2C#N)O1. The largest absolute Gasteiger partial charge is 0.495 e. The molecule has 1 heterocycles. The monoisotopic (exact) mass is 335 g/mol. The van der Waals surface area contributed by atoms with E-state index in [4.69, 9.17) is 14.0 Å². The second-order valence-corrected chi connectivity index (χ2v) is 7.00. The van der Waals surface area contributed by atoms with E-state index in [0.29, 0.717) is 17.9 Å². The van der Waals surface area contributed by atoms with Crippen LogP contribution in [0.15, 0.2) is 48.5 Å². The Bertz CT molecular complexity index is 770. The maximum atomic E-state index is 9.54. The van der Waals surface area contributed by atoms with Gasteiger partial charge in [0.15, 0.2) is 0 Å². The van der Waals surface area contributed by atoms with E-state index in [1.165, 1.54) is 0 Å². The first-order chi connectivity index (χ1) is 12.0. The molecule has 128 valence electrons. The zero-order valence-electron chi connectivity index (χ0n) is 14.9. The van der Waals surface area contributed by atoms with E-state index in [9.17, 15) is 5.26 Å². The first-order valence-corrected chi connectivity index (χ1v) is 8.51. The summed E-state index contributed by atoms with van der Waals surface area (Å²) in [7, 11) is -0.531. The van der Waals surface area contributed by atoms with Crippen LogP contribution in [0.4, 0.5) is 0 Å². The van der Waals surface area contributed by atoms with Gasteiger partial charge in [0.25, 0.3) is 0 Å². The van der Waals surface area contributed by atoms with Crippen molar-refractivity contribution in [2.24, 2.45) is 0 Å². The first-order valence-electron chi connectivity index (χ1n) is 8.51. The fourth-order valence-corrected chi connectivity index (χ4v) is 3.12. The molecule has 1 fully saturated rings. The van der Waals surface area contributed by atoms with Crippen LogP contribution in [0.5, 0.6) is 5.75 Å². The Morgan fingerprint density at radius 3 is 2.68 bits per heavy atom. The van der Waals surface area contributed by atoms with Gasteiger partial charge < -0.3 is 14.0 Å². The van der Waals surface area contributed by atoms with Crippen LogP contribution in [0.3, 0.4) is 0 Å². The number of rotatable bonds is 4. The standard InChI is InChI=1S/C20H22BNO3/c1-15-12-20(2,3)25-21(24-15)19-10-9-18(11-17(19)13-22)23-14-16-7-5-4-6-8-16/h4-11,15H,12,14H2,1-3H3. The van der Waals surface area contributed by atoms with Crippen molar-refractivity contribution >= 4 is 12.6 Å². The summed E-state index contributed by atoms with van der Waals surface area (Å²) in [6, 6.07) is 17.6. The van der Waals surface area contributed by atoms with Crippen molar-refractivity contribution in [1.82, 2.24) is 0 Å².